The number of piperidine rings is 1. The minimum absolute atomic E-state index is 0.777. The molecule has 4 heteroatoms. The van der Waals surface area contributed by atoms with E-state index in [0.29, 0.717) is 0 Å². The van der Waals surface area contributed by atoms with E-state index in [-0.39, 0.29) is 0 Å². The third-order valence-electron chi connectivity index (χ3n) is 4.02. The number of likely N-dealkylation sites (N-methyl/N-ethyl adjacent to an activating group) is 1. The molecule has 114 valence electrons. The first-order valence-electron chi connectivity index (χ1n) is 7.91. The van der Waals surface area contributed by atoms with Crippen LogP contribution in [0.5, 0.6) is 0 Å². The van der Waals surface area contributed by atoms with Gasteiger partial charge in [-0.3, -0.25) is 0 Å². The Kier molecular flexibility index (Phi) is 9.43. The number of unbranched alkanes of at least 4 members (excludes halogenated alkanes) is 1. The van der Waals surface area contributed by atoms with E-state index in [9.17, 15) is 0 Å². The van der Waals surface area contributed by atoms with Crippen LogP contribution in [0.2, 0.25) is 0 Å². The van der Waals surface area contributed by atoms with Crippen molar-refractivity contribution in [3.05, 3.63) is 0 Å². The third kappa shape index (κ3) is 7.88. The molecule has 0 unspecified atom stereocenters. The van der Waals surface area contributed by atoms with Crippen LogP contribution in [0.25, 0.3) is 0 Å². The predicted octanol–water partition coefficient (Wildman–Crippen LogP) is 1.42. The number of hydrogen-bond acceptors (Lipinski definition) is 4. The summed E-state index contributed by atoms with van der Waals surface area (Å²) < 4.78 is 5.53. The van der Waals surface area contributed by atoms with E-state index in [2.05, 4.69) is 36.1 Å². The largest absolute Gasteiger partial charge is 0.380 e. The van der Waals surface area contributed by atoms with Crippen molar-refractivity contribution in [2.75, 3.05) is 60.0 Å². The molecule has 0 atom stereocenters. The summed E-state index contributed by atoms with van der Waals surface area (Å²) in [5, 5.41) is 3.46. The highest BCUT2D eigenvalue weighted by atomic mass is 16.5. The van der Waals surface area contributed by atoms with Crippen molar-refractivity contribution in [2.45, 2.75) is 38.6 Å². The van der Waals surface area contributed by atoms with Crippen LogP contribution in [0.1, 0.15) is 32.6 Å². The summed E-state index contributed by atoms with van der Waals surface area (Å²) >= 11 is 0. The number of rotatable bonds is 10. The summed E-state index contributed by atoms with van der Waals surface area (Å²) in [6.45, 7) is 9.63. The van der Waals surface area contributed by atoms with Gasteiger partial charge in [0.05, 0.1) is 6.61 Å². The molecule has 0 aliphatic carbocycles. The van der Waals surface area contributed by atoms with Crippen LogP contribution in [0.4, 0.5) is 0 Å². The number of likely N-dealkylation sites (tertiary alicyclic amines) is 1. The quantitative estimate of drug-likeness (QED) is 0.608. The molecule has 1 N–H and O–H groups in total. The first kappa shape index (κ1) is 16.9. The van der Waals surface area contributed by atoms with E-state index in [1.165, 1.54) is 38.8 Å². The van der Waals surface area contributed by atoms with Gasteiger partial charge in [-0.2, -0.15) is 0 Å². The fourth-order valence-electron chi connectivity index (χ4n) is 2.49. The van der Waals surface area contributed by atoms with Crippen molar-refractivity contribution in [1.82, 2.24) is 15.1 Å². The molecule has 1 rings (SSSR count). The average molecular weight is 271 g/mol. The average Bonchev–Trinajstić information content (AvgIpc) is 2.42. The van der Waals surface area contributed by atoms with Crippen molar-refractivity contribution in [2.24, 2.45) is 0 Å². The first-order valence-corrected chi connectivity index (χ1v) is 7.91. The van der Waals surface area contributed by atoms with Gasteiger partial charge in [-0.25, -0.2) is 0 Å². The zero-order valence-corrected chi connectivity index (χ0v) is 13.2. The van der Waals surface area contributed by atoms with Gasteiger partial charge in [0.2, 0.25) is 0 Å². The number of hydrogen-bond donors (Lipinski definition) is 1. The second kappa shape index (κ2) is 10.6. The SMILES string of the molecule is CCCCOCCNCCN(C)C1CCN(C)CC1. The molecule has 1 heterocycles. The fraction of sp³-hybridized carbons (Fsp3) is 1.00. The summed E-state index contributed by atoms with van der Waals surface area (Å²) in [4.78, 5) is 4.94. The maximum Gasteiger partial charge on any atom is 0.0590 e. The van der Waals surface area contributed by atoms with Gasteiger partial charge in [-0.1, -0.05) is 13.3 Å². The van der Waals surface area contributed by atoms with Crippen LogP contribution in [0.3, 0.4) is 0 Å². The molecule has 0 aromatic rings. The monoisotopic (exact) mass is 271 g/mol. The Morgan fingerprint density at radius 1 is 1.21 bits per heavy atom. The van der Waals surface area contributed by atoms with Gasteiger partial charge in [0.25, 0.3) is 0 Å². The van der Waals surface area contributed by atoms with E-state index in [1.54, 1.807) is 0 Å². The molecule has 1 aliphatic rings. The fourth-order valence-corrected chi connectivity index (χ4v) is 2.49. The number of ether oxygens (including phenoxy) is 1. The second-order valence-electron chi connectivity index (χ2n) is 5.73. The topological polar surface area (TPSA) is 27.7 Å². The van der Waals surface area contributed by atoms with Crippen molar-refractivity contribution >= 4 is 0 Å². The maximum absolute atomic E-state index is 5.53. The molecule has 0 aromatic carbocycles. The normalized spacial score (nSPS) is 18.3. The molecular weight excluding hydrogens is 238 g/mol. The van der Waals surface area contributed by atoms with Crippen molar-refractivity contribution < 1.29 is 4.74 Å². The molecule has 4 nitrogen and oxygen atoms in total. The van der Waals surface area contributed by atoms with Gasteiger partial charge in [0.15, 0.2) is 0 Å². The third-order valence-corrected chi connectivity index (χ3v) is 4.02. The molecule has 0 saturated carbocycles. The molecule has 1 fully saturated rings. The molecular formula is C15H33N3O. The van der Waals surface area contributed by atoms with Gasteiger partial charge in [-0.05, 0) is 46.4 Å². The van der Waals surface area contributed by atoms with E-state index in [1.807, 2.05) is 0 Å². The lowest BCUT2D eigenvalue weighted by Gasteiger charge is -2.35. The Morgan fingerprint density at radius 3 is 2.63 bits per heavy atom. The summed E-state index contributed by atoms with van der Waals surface area (Å²) in [5.74, 6) is 0. The number of nitrogens with zero attached hydrogens (tertiary/aromatic N) is 2. The molecule has 1 aliphatic heterocycles. The molecule has 0 aromatic heterocycles. The van der Waals surface area contributed by atoms with Gasteiger partial charge in [0, 0.05) is 32.3 Å². The van der Waals surface area contributed by atoms with E-state index < -0.39 is 0 Å². The van der Waals surface area contributed by atoms with Crippen molar-refractivity contribution in [3.8, 4) is 0 Å². The van der Waals surface area contributed by atoms with Crippen molar-refractivity contribution in [1.29, 1.82) is 0 Å². The van der Waals surface area contributed by atoms with Crippen LogP contribution in [0.15, 0.2) is 0 Å². The minimum atomic E-state index is 0.777. The van der Waals surface area contributed by atoms with Crippen LogP contribution < -0.4 is 5.32 Å². The van der Waals surface area contributed by atoms with Gasteiger partial charge >= 0.3 is 0 Å². The first-order chi connectivity index (χ1) is 9.24. The Bertz CT molecular complexity index is 206. The van der Waals surface area contributed by atoms with Gasteiger partial charge in [0.1, 0.15) is 0 Å². The summed E-state index contributed by atoms with van der Waals surface area (Å²) in [5.41, 5.74) is 0. The number of nitrogens with one attached hydrogen (secondary N) is 1. The lowest BCUT2D eigenvalue weighted by molar-refractivity contribution is 0.128. The Hall–Kier alpha value is -0.160. The van der Waals surface area contributed by atoms with Gasteiger partial charge in [-0.15, -0.1) is 0 Å². The van der Waals surface area contributed by atoms with Crippen molar-refractivity contribution in [3.63, 3.8) is 0 Å². The van der Waals surface area contributed by atoms with Crippen LogP contribution >= 0.6 is 0 Å². The van der Waals surface area contributed by atoms with E-state index >= 15 is 0 Å². The van der Waals surface area contributed by atoms with Crippen LogP contribution in [-0.2, 0) is 4.74 Å². The molecule has 1 saturated heterocycles. The summed E-state index contributed by atoms with van der Waals surface area (Å²) in [7, 11) is 4.48. The molecule has 0 spiro atoms. The lowest BCUT2D eigenvalue weighted by Crippen LogP contribution is -2.44. The van der Waals surface area contributed by atoms with E-state index in [0.717, 1.165) is 38.9 Å². The Balaban J connectivity index is 1.91. The highest BCUT2D eigenvalue weighted by Crippen LogP contribution is 2.13. The lowest BCUT2D eigenvalue weighted by atomic mass is 10.0. The molecule has 0 radical (unpaired) electrons. The summed E-state index contributed by atoms with van der Waals surface area (Å²) in [6.07, 6.45) is 5.02. The second-order valence-corrected chi connectivity index (χ2v) is 5.73. The predicted molar refractivity (Wildman–Crippen MR) is 81.7 cm³/mol. The smallest absolute Gasteiger partial charge is 0.0590 e. The standard InChI is InChI=1S/C15H33N3O/c1-4-5-13-19-14-9-16-8-12-18(3)15-6-10-17(2)11-7-15/h15-16H,4-14H2,1-3H3. The molecule has 0 bridgehead atoms. The zero-order valence-electron chi connectivity index (χ0n) is 13.2. The Labute approximate surface area is 119 Å². The maximum atomic E-state index is 5.53. The van der Waals surface area contributed by atoms with Crippen LogP contribution in [0, 0.1) is 0 Å². The highest BCUT2D eigenvalue weighted by molar-refractivity contribution is 4.76. The Morgan fingerprint density at radius 2 is 1.95 bits per heavy atom. The molecule has 0 amide bonds. The summed E-state index contributed by atoms with van der Waals surface area (Å²) in [6, 6.07) is 0.777. The minimum Gasteiger partial charge on any atom is -0.380 e. The molecule has 19 heavy (non-hydrogen) atoms. The van der Waals surface area contributed by atoms with Crippen LogP contribution in [-0.4, -0.2) is 75.9 Å². The van der Waals surface area contributed by atoms with E-state index in [4.69, 9.17) is 4.74 Å². The van der Waals surface area contributed by atoms with Gasteiger partial charge < -0.3 is 19.9 Å². The highest BCUT2D eigenvalue weighted by Gasteiger charge is 2.19. The zero-order chi connectivity index (χ0) is 13.9.